The van der Waals surface area contributed by atoms with Gasteiger partial charge in [-0.15, -0.1) is 24.0 Å². The van der Waals surface area contributed by atoms with E-state index >= 15 is 0 Å². The zero-order chi connectivity index (χ0) is 14.7. The molecule has 2 aromatic heterocycles. The van der Waals surface area contributed by atoms with Crippen molar-refractivity contribution in [2.45, 2.75) is 13.5 Å². The lowest BCUT2D eigenvalue weighted by Crippen LogP contribution is -2.22. The molecule has 1 aromatic carbocycles. The normalized spacial score (nSPS) is 11.2. The summed E-state index contributed by atoms with van der Waals surface area (Å²) in [5.74, 6) is 0.373. The van der Waals surface area contributed by atoms with E-state index in [4.69, 9.17) is 5.73 Å². The number of benzene rings is 1. The van der Waals surface area contributed by atoms with Crippen LogP contribution in [-0.4, -0.2) is 20.6 Å². The Bertz CT molecular complexity index is 795. The maximum absolute atomic E-state index is 5.92. The number of fused-ring (bicyclic) bond motifs is 1. The lowest BCUT2D eigenvalue weighted by Gasteiger charge is -2.07. The van der Waals surface area contributed by atoms with Crippen LogP contribution >= 0.6 is 24.0 Å². The molecule has 0 unspecified atom stereocenters. The van der Waals surface area contributed by atoms with Crippen LogP contribution in [0.2, 0.25) is 0 Å². The molecule has 22 heavy (non-hydrogen) atoms. The van der Waals surface area contributed by atoms with E-state index < -0.39 is 0 Å². The lowest BCUT2D eigenvalue weighted by atomic mass is 10.2. The van der Waals surface area contributed by atoms with E-state index in [1.165, 1.54) is 5.56 Å². The monoisotopic (exact) mass is 408 g/mol. The molecule has 0 radical (unpaired) electrons. The molecule has 3 aromatic rings. The highest BCUT2D eigenvalue weighted by atomic mass is 127. The summed E-state index contributed by atoms with van der Waals surface area (Å²) >= 11 is 0. The summed E-state index contributed by atoms with van der Waals surface area (Å²) in [5, 5.41) is 7.29. The first-order valence-corrected chi connectivity index (χ1v) is 6.63. The van der Waals surface area contributed by atoms with Gasteiger partial charge in [-0.1, -0.05) is 12.1 Å². The maximum atomic E-state index is 5.92. The number of anilines is 1. The van der Waals surface area contributed by atoms with Gasteiger partial charge in [0.05, 0.1) is 18.4 Å². The molecule has 0 aliphatic carbocycles. The van der Waals surface area contributed by atoms with E-state index in [-0.39, 0.29) is 24.0 Å². The first kappa shape index (κ1) is 16.2. The van der Waals surface area contributed by atoms with Crippen molar-refractivity contribution in [1.29, 1.82) is 0 Å². The van der Waals surface area contributed by atoms with Crippen molar-refractivity contribution in [2.24, 2.45) is 10.7 Å². The average molecular weight is 408 g/mol. The van der Waals surface area contributed by atoms with Gasteiger partial charge in [-0.25, -0.2) is 14.5 Å². The smallest absolute Gasteiger partial charge is 0.193 e. The number of aryl methyl sites for hydroxylation is 1. The Morgan fingerprint density at radius 3 is 2.95 bits per heavy atom. The highest BCUT2D eigenvalue weighted by molar-refractivity contribution is 14.0. The van der Waals surface area contributed by atoms with E-state index in [1.807, 2.05) is 43.3 Å². The Labute approximate surface area is 145 Å². The van der Waals surface area contributed by atoms with Crippen molar-refractivity contribution in [3.8, 4) is 0 Å². The Morgan fingerprint density at radius 2 is 2.14 bits per heavy atom. The van der Waals surface area contributed by atoms with Crippen LogP contribution in [0, 0.1) is 6.92 Å². The van der Waals surface area contributed by atoms with E-state index in [0.29, 0.717) is 12.5 Å². The van der Waals surface area contributed by atoms with Crippen molar-refractivity contribution in [1.82, 2.24) is 14.6 Å². The summed E-state index contributed by atoms with van der Waals surface area (Å²) in [4.78, 5) is 8.56. The molecule has 0 amide bonds. The molecular weight excluding hydrogens is 391 g/mol. The van der Waals surface area contributed by atoms with Gasteiger partial charge in [-0.2, -0.15) is 5.10 Å². The number of hydrogen-bond acceptors (Lipinski definition) is 3. The van der Waals surface area contributed by atoms with Crippen LogP contribution in [0.25, 0.3) is 5.65 Å². The van der Waals surface area contributed by atoms with Gasteiger partial charge in [-0.05, 0) is 30.7 Å². The van der Waals surface area contributed by atoms with E-state index in [9.17, 15) is 0 Å². The number of guanidine groups is 1. The first-order valence-electron chi connectivity index (χ1n) is 6.63. The standard InChI is InChI=1S/C15H16N6.HI/c1-11-3-2-4-12(9-11)20-15(16)18-10-13-5-7-17-14-6-8-19-21(13)14;/h2-9H,10H2,1H3,(H3,16,18,20);1H. The Balaban J connectivity index is 0.00000176. The molecule has 6 nitrogen and oxygen atoms in total. The first-order chi connectivity index (χ1) is 10.2. The summed E-state index contributed by atoms with van der Waals surface area (Å²) in [5.41, 5.74) is 9.74. The summed E-state index contributed by atoms with van der Waals surface area (Å²) in [7, 11) is 0. The second kappa shape index (κ2) is 7.21. The van der Waals surface area contributed by atoms with Gasteiger partial charge < -0.3 is 11.1 Å². The van der Waals surface area contributed by atoms with Crippen LogP contribution < -0.4 is 11.1 Å². The van der Waals surface area contributed by atoms with Crippen molar-refractivity contribution < 1.29 is 0 Å². The molecule has 3 rings (SSSR count). The third-order valence-corrected chi connectivity index (χ3v) is 3.07. The highest BCUT2D eigenvalue weighted by Gasteiger charge is 2.01. The van der Waals surface area contributed by atoms with Gasteiger partial charge in [0.15, 0.2) is 11.6 Å². The van der Waals surface area contributed by atoms with Gasteiger partial charge in [0.25, 0.3) is 0 Å². The van der Waals surface area contributed by atoms with Crippen LogP contribution in [0.5, 0.6) is 0 Å². The highest BCUT2D eigenvalue weighted by Crippen LogP contribution is 2.09. The fourth-order valence-electron chi connectivity index (χ4n) is 2.08. The number of nitrogens with zero attached hydrogens (tertiary/aromatic N) is 4. The molecule has 0 saturated carbocycles. The molecule has 114 valence electrons. The topological polar surface area (TPSA) is 80.6 Å². The maximum Gasteiger partial charge on any atom is 0.193 e. The molecule has 0 saturated heterocycles. The van der Waals surface area contributed by atoms with Crippen molar-refractivity contribution in [2.75, 3.05) is 5.32 Å². The minimum Gasteiger partial charge on any atom is -0.370 e. The Morgan fingerprint density at radius 1 is 1.27 bits per heavy atom. The molecule has 0 aliphatic rings. The molecule has 0 spiro atoms. The molecule has 7 heteroatoms. The van der Waals surface area contributed by atoms with Crippen LogP contribution in [0.3, 0.4) is 0 Å². The predicted molar refractivity (Wildman–Crippen MR) is 98.5 cm³/mol. The van der Waals surface area contributed by atoms with Crippen molar-refractivity contribution >= 4 is 41.3 Å². The largest absolute Gasteiger partial charge is 0.370 e. The van der Waals surface area contributed by atoms with Crippen molar-refractivity contribution in [3.05, 3.63) is 60.0 Å². The van der Waals surface area contributed by atoms with Crippen molar-refractivity contribution in [3.63, 3.8) is 0 Å². The molecule has 2 heterocycles. The minimum absolute atomic E-state index is 0. The number of aliphatic imine (C=N–C) groups is 1. The number of rotatable bonds is 3. The number of aromatic nitrogens is 3. The SMILES string of the molecule is Cc1cccc(NC(N)=NCc2ccnc3ccnn23)c1.I. The van der Waals surface area contributed by atoms with Gasteiger partial charge in [0.2, 0.25) is 0 Å². The third-order valence-electron chi connectivity index (χ3n) is 3.07. The number of halogens is 1. The Kier molecular flexibility index (Phi) is 5.31. The Hall–Kier alpha value is -2.16. The zero-order valence-corrected chi connectivity index (χ0v) is 14.4. The van der Waals surface area contributed by atoms with Gasteiger partial charge in [0, 0.05) is 18.0 Å². The fourth-order valence-corrected chi connectivity index (χ4v) is 2.08. The number of nitrogens with two attached hydrogens (primary N) is 1. The van der Waals surface area contributed by atoms with Gasteiger partial charge in [-0.3, -0.25) is 0 Å². The quantitative estimate of drug-likeness (QED) is 0.397. The van der Waals surface area contributed by atoms with Gasteiger partial charge in [0.1, 0.15) is 0 Å². The summed E-state index contributed by atoms with van der Waals surface area (Å²) in [6.07, 6.45) is 3.45. The number of hydrogen-bond donors (Lipinski definition) is 2. The predicted octanol–water partition coefficient (Wildman–Crippen LogP) is 2.58. The number of nitrogens with one attached hydrogen (secondary N) is 1. The van der Waals surface area contributed by atoms with Gasteiger partial charge >= 0.3 is 0 Å². The molecule has 0 bridgehead atoms. The molecule has 0 aliphatic heterocycles. The summed E-state index contributed by atoms with van der Waals surface area (Å²) < 4.78 is 1.75. The molecule has 0 atom stereocenters. The molecular formula is C15H17IN6. The van der Waals surface area contributed by atoms with E-state index in [2.05, 4.69) is 20.4 Å². The summed E-state index contributed by atoms with van der Waals surface area (Å²) in [6.45, 7) is 2.47. The molecule has 3 N–H and O–H groups in total. The third kappa shape index (κ3) is 3.73. The molecule has 0 fully saturated rings. The second-order valence-electron chi connectivity index (χ2n) is 4.73. The zero-order valence-electron chi connectivity index (χ0n) is 12.1. The summed E-state index contributed by atoms with van der Waals surface area (Å²) in [6, 6.07) is 11.7. The fraction of sp³-hybridized carbons (Fsp3) is 0.133. The lowest BCUT2D eigenvalue weighted by molar-refractivity contribution is 0.835. The van der Waals surface area contributed by atoms with Crippen LogP contribution in [0.1, 0.15) is 11.3 Å². The van der Waals surface area contributed by atoms with Crippen LogP contribution in [-0.2, 0) is 6.54 Å². The second-order valence-corrected chi connectivity index (χ2v) is 4.73. The van der Waals surface area contributed by atoms with E-state index in [0.717, 1.165) is 17.0 Å². The minimum atomic E-state index is 0. The van der Waals surface area contributed by atoms with Crippen LogP contribution in [0.15, 0.2) is 53.8 Å². The van der Waals surface area contributed by atoms with E-state index in [1.54, 1.807) is 16.9 Å². The van der Waals surface area contributed by atoms with Crippen LogP contribution in [0.4, 0.5) is 5.69 Å². The average Bonchev–Trinajstić information content (AvgIpc) is 2.94.